The van der Waals surface area contributed by atoms with Gasteiger partial charge in [0.15, 0.2) is 6.61 Å². The van der Waals surface area contributed by atoms with E-state index in [1.165, 1.54) is 25.3 Å². The average molecular weight is 383 g/mol. The van der Waals surface area contributed by atoms with Crippen LogP contribution in [0.5, 0.6) is 0 Å². The van der Waals surface area contributed by atoms with E-state index in [1.54, 1.807) is 41.3 Å². The van der Waals surface area contributed by atoms with Gasteiger partial charge in [0.2, 0.25) is 5.76 Å². The molecule has 9 heteroatoms. The summed E-state index contributed by atoms with van der Waals surface area (Å²) in [5.41, 5.74) is 0.809. The molecule has 0 spiro atoms. The van der Waals surface area contributed by atoms with E-state index >= 15 is 0 Å². The Kier molecular flexibility index (Phi) is 5.85. The van der Waals surface area contributed by atoms with Crippen molar-refractivity contribution in [2.75, 3.05) is 19.0 Å². The van der Waals surface area contributed by atoms with Gasteiger partial charge in [0, 0.05) is 18.1 Å². The number of methoxy groups -OCH3 is 1. The Bertz CT molecular complexity index is 960. The lowest BCUT2D eigenvalue weighted by atomic mass is 10.2. The van der Waals surface area contributed by atoms with Crippen molar-refractivity contribution in [3.8, 4) is 0 Å². The summed E-state index contributed by atoms with van der Waals surface area (Å²) < 4.78 is 16.6. The molecule has 0 atom stereocenters. The van der Waals surface area contributed by atoms with Crippen molar-refractivity contribution in [2.24, 2.45) is 0 Å². The number of rotatable bonds is 7. The van der Waals surface area contributed by atoms with Crippen LogP contribution >= 0.6 is 0 Å². The third-order valence-corrected chi connectivity index (χ3v) is 3.66. The summed E-state index contributed by atoms with van der Waals surface area (Å²) in [5, 5.41) is 6.60. The van der Waals surface area contributed by atoms with Gasteiger partial charge in [0.25, 0.3) is 5.91 Å². The SMILES string of the molecule is COC(=O)c1ccc(NC(=O)COC(=O)c2ccc(Cn3cccn3)o2)cc1. The van der Waals surface area contributed by atoms with Gasteiger partial charge in [-0.25, -0.2) is 9.59 Å². The number of hydrogen-bond acceptors (Lipinski definition) is 7. The second-order valence-corrected chi connectivity index (χ2v) is 5.66. The molecule has 144 valence electrons. The molecule has 0 aliphatic carbocycles. The number of carbonyl (C=O) groups is 3. The number of aromatic nitrogens is 2. The van der Waals surface area contributed by atoms with Gasteiger partial charge in [-0.2, -0.15) is 5.10 Å². The van der Waals surface area contributed by atoms with Crippen LogP contribution in [0.4, 0.5) is 5.69 Å². The highest BCUT2D eigenvalue weighted by atomic mass is 16.5. The predicted octanol–water partition coefficient (Wildman–Crippen LogP) is 2.11. The molecule has 9 nitrogen and oxygen atoms in total. The third-order valence-electron chi connectivity index (χ3n) is 3.66. The fourth-order valence-corrected chi connectivity index (χ4v) is 2.33. The van der Waals surface area contributed by atoms with Gasteiger partial charge < -0.3 is 19.2 Å². The Labute approximate surface area is 159 Å². The summed E-state index contributed by atoms with van der Waals surface area (Å²) >= 11 is 0. The summed E-state index contributed by atoms with van der Waals surface area (Å²) in [6.45, 7) is -0.102. The summed E-state index contributed by atoms with van der Waals surface area (Å²) in [7, 11) is 1.28. The van der Waals surface area contributed by atoms with Crippen LogP contribution in [0.25, 0.3) is 0 Å². The second kappa shape index (κ2) is 8.67. The topological polar surface area (TPSA) is 113 Å². The minimum Gasteiger partial charge on any atom is -0.465 e. The molecule has 0 aliphatic heterocycles. The predicted molar refractivity (Wildman–Crippen MR) is 96.7 cm³/mol. The molecular formula is C19H17N3O6. The molecule has 0 saturated heterocycles. The number of nitrogens with one attached hydrogen (secondary N) is 1. The van der Waals surface area contributed by atoms with Crippen LogP contribution in [-0.4, -0.2) is 41.3 Å². The van der Waals surface area contributed by atoms with Crippen molar-refractivity contribution in [1.82, 2.24) is 9.78 Å². The minimum absolute atomic E-state index is 0.00242. The first kappa shape index (κ1) is 18.9. The maximum Gasteiger partial charge on any atom is 0.374 e. The number of amides is 1. The van der Waals surface area contributed by atoms with Crippen molar-refractivity contribution in [1.29, 1.82) is 0 Å². The van der Waals surface area contributed by atoms with E-state index in [9.17, 15) is 14.4 Å². The standard InChI is InChI=1S/C19H17N3O6/c1-26-18(24)13-3-5-14(6-4-13)21-17(23)12-27-19(25)16-8-7-15(28-16)11-22-10-2-9-20-22/h2-10H,11-12H2,1H3,(H,21,23). The van der Waals surface area contributed by atoms with Crippen LogP contribution in [0.2, 0.25) is 0 Å². The summed E-state index contributed by atoms with van der Waals surface area (Å²) in [5.74, 6) is -1.22. The van der Waals surface area contributed by atoms with Crippen LogP contribution < -0.4 is 5.32 Å². The van der Waals surface area contributed by atoms with E-state index in [0.717, 1.165) is 0 Å². The fourth-order valence-electron chi connectivity index (χ4n) is 2.33. The molecule has 0 saturated carbocycles. The fraction of sp³-hybridized carbons (Fsp3) is 0.158. The third kappa shape index (κ3) is 4.85. The first-order chi connectivity index (χ1) is 13.5. The lowest BCUT2D eigenvalue weighted by Crippen LogP contribution is -2.20. The molecule has 0 unspecified atom stereocenters. The average Bonchev–Trinajstić information content (AvgIpc) is 3.38. The Morgan fingerprint density at radius 3 is 2.57 bits per heavy atom. The lowest BCUT2D eigenvalue weighted by Gasteiger charge is -2.06. The normalized spacial score (nSPS) is 10.3. The molecular weight excluding hydrogens is 366 g/mol. The van der Waals surface area contributed by atoms with Crippen molar-refractivity contribution < 1.29 is 28.3 Å². The van der Waals surface area contributed by atoms with Gasteiger partial charge in [-0.3, -0.25) is 9.48 Å². The first-order valence-electron chi connectivity index (χ1n) is 8.26. The first-order valence-corrected chi connectivity index (χ1v) is 8.26. The minimum atomic E-state index is -0.747. The number of carbonyl (C=O) groups excluding carboxylic acids is 3. The molecule has 1 amide bonds. The maximum absolute atomic E-state index is 12.0. The molecule has 1 N–H and O–H groups in total. The lowest BCUT2D eigenvalue weighted by molar-refractivity contribution is -0.119. The molecule has 28 heavy (non-hydrogen) atoms. The second-order valence-electron chi connectivity index (χ2n) is 5.66. The van der Waals surface area contributed by atoms with E-state index in [-0.39, 0.29) is 5.76 Å². The van der Waals surface area contributed by atoms with Crippen LogP contribution in [0, 0.1) is 0 Å². The van der Waals surface area contributed by atoms with Crippen molar-refractivity contribution >= 4 is 23.5 Å². The van der Waals surface area contributed by atoms with Crippen LogP contribution in [0.3, 0.4) is 0 Å². The Hall–Kier alpha value is -3.88. The molecule has 0 fully saturated rings. The van der Waals surface area contributed by atoms with Crippen molar-refractivity contribution in [2.45, 2.75) is 6.54 Å². The van der Waals surface area contributed by atoms with Gasteiger partial charge >= 0.3 is 11.9 Å². The number of esters is 2. The Morgan fingerprint density at radius 2 is 1.89 bits per heavy atom. The largest absolute Gasteiger partial charge is 0.465 e. The zero-order valence-corrected chi connectivity index (χ0v) is 15.0. The van der Waals surface area contributed by atoms with Crippen molar-refractivity contribution in [3.63, 3.8) is 0 Å². The van der Waals surface area contributed by atoms with Gasteiger partial charge in [-0.1, -0.05) is 0 Å². The molecule has 0 bridgehead atoms. The van der Waals surface area contributed by atoms with Gasteiger partial charge in [0.05, 0.1) is 19.2 Å². The highest BCUT2D eigenvalue weighted by Crippen LogP contribution is 2.12. The summed E-state index contributed by atoms with van der Waals surface area (Å²) in [6, 6.07) is 11.0. The summed E-state index contributed by atoms with van der Waals surface area (Å²) in [6.07, 6.45) is 3.41. The highest BCUT2D eigenvalue weighted by Gasteiger charge is 2.15. The maximum atomic E-state index is 12.0. The molecule has 3 rings (SSSR count). The zero-order chi connectivity index (χ0) is 19.9. The van der Waals surface area contributed by atoms with E-state index in [4.69, 9.17) is 9.15 Å². The highest BCUT2D eigenvalue weighted by molar-refractivity contribution is 5.95. The van der Waals surface area contributed by atoms with E-state index in [1.807, 2.05) is 0 Å². The number of hydrogen-bond donors (Lipinski definition) is 1. The number of nitrogens with zero attached hydrogens (tertiary/aromatic N) is 2. The van der Waals surface area contributed by atoms with Gasteiger partial charge in [-0.15, -0.1) is 0 Å². The number of anilines is 1. The van der Waals surface area contributed by atoms with Gasteiger partial charge in [-0.05, 0) is 42.5 Å². The van der Waals surface area contributed by atoms with E-state index in [0.29, 0.717) is 23.6 Å². The van der Waals surface area contributed by atoms with Crippen LogP contribution in [-0.2, 0) is 20.8 Å². The number of ether oxygens (including phenoxy) is 2. The van der Waals surface area contributed by atoms with E-state index in [2.05, 4.69) is 15.2 Å². The van der Waals surface area contributed by atoms with Crippen LogP contribution in [0.15, 0.2) is 59.3 Å². The quantitative estimate of drug-likeness (QED) is 0.622. The number of benzene rings is 1. The Balaban J connectivity index is 1.48. The molecule has 2 aromatic heterocycles. The number of furan rings is 1. The molecule has 2 heterocycles. The summed E-state index contributed by atoms with van der Waals surface area (Å²) in [4.78, 5) is 35.3. The van der Waals surface area contributed by atoms with Crippen LogP contribution in [0.1, 0.15) is 26.7 Å². The Morgan fingerprint density at radius 1 is 1.11 bits per heavy atom. The van der Waals surface area contributed by atoms with Gasteiger partial charge in [0.1, 0.15) is 5.76 Å². The molecule has 0 radical (unpaired) electrons. The molecule has 0 aliphatic rings. The molecule has 3 aromatic rings. The zero-order valence-electron chi connectivity index (χ0n) is 15.0. The van der Waals surface area contributed by atoms with E-state index < -0.39 is 24.5 Å². The molecule has 1 aromatic carbocycles. The smallest absolute Gasteiger partial charge is 0.374 e. The monoisotopic (exact) mass is 383 g/mol. The van der Waals surface area contributed by atoms with Crippen molar-refractivity contribution in [3.05, 3.63) is 71.9 Å².